The number of rotatable bonds is 5. The molecule has 36 heavy (non-hydrogen) atoms. The van der Waals surface area contributed by atoms with Crippen molar-refractivity contribution in [3.05, 3.63) is 42.5 Å². The normalized spacial score (nSPS) is 11.6. The second-order valence-corrected chi connectivity index (χ2v) is 10.5. The minimum atomic E-state index is -5.04. The van der Waals surface area contributed by atoms with Crippen molar-refractivity contribution in [2.75, 3.05) is 0 Å². The zero-order valence-corrected chi connectivity index (χ0v) is 28.5. The fourth-order valence-corrected chi connectivity index (χ4v) is 4.27. The molecule has 176 valence electrons. The standard InChI is InChI=1S/C16H12N2O11S3.Cr.3Na/c19-13-4-2-10(31(24,25)26)7-12(13)17-18-15-11-3-1-9(30(21,22)23)5-8(11)6-14(16(15)20)32(27,28)29;;;;/h1-7,19-20H,(H,21,22,23)(H,24,25,26)(H,27,28,29);;;;/q;;3*+1. The van der Waals surface area contributed by atoms with Gasteiger partial charge in [0.1, 0.15) is 22.0 Å². The summed E-state index contributed by atoms with van der Waals surface area (Å²) in [7, 11) is -14.4. The Kier molecular flexibility index (Phi) is 15.1. The van der Waals surface area contributed by atoms with E-state index in [2.05, 4.69) is 10.2 Å². The molecule has 0 saturated heterocycles. The van der Waals surface area contributed by atoms with Gasteiger partial charge in [-0.3, -0.25) is 13.7 Å². The molecular weight excluding hydrogens is 613 g/mol. The number of phenols is 2. The minimum absolute atomic E-state index is 0. The Morgan fingerprint density at radius 2 is 1.14 bits per heavy atom. The van der Waals surface area contributed by atoms with Crippen molar-refractivity contribution in [1.82, 2.24) is 0 Å². The van der Waals surface area contributed by atoms with Crippen molar-refractivity contribution in [1.29, 1.82) is 0 Å². The second-order valence-electron chi connectivity index (χ2n) is 6.23. The van der Waals surface area contributed by atoms with Gasteiger partial charge < -0.3 is 10.2 Å². The van der Waals surface area contributed by atoms with Crippen molar-refractivity contribution in [3.8, 4) is 11.5 Å². The smallest absolute Gasteiger partial charge is 0.506 e. The maximum absolute atomic E-state index is 11.6. The fraction of sp³-hybridized carbons (Fsp3) is 0. The minimum Gasteiger partial charge on any atom is -0.506 e. The number of phenolic OH excluding ortho intramolecular Hbond substituents is 2. The van der Waals surface area contributed by atoms with E-state index in [4.69, 9.17) is 4.55 Å². The molecule has 0 heterocycles. The summed E-state index contributed by atoms with van der Waals surface area (Å²) in [5.41, 5.74) is -1.10. The van der Waals surface area contributed by atoms with Gasteiger partial charge in [0.05, 0.1) is 9.79 Å². The van der Waals surface area contributed by atoms with Crippen LogP contribution in [0.25, 0.3) is 10.8 Å². The number of hydrogen-bond acceptors (Lipinski definition) is 10. The fourth-order valence-electron chi connectivity index (χ4n) is 2.64. The van der Waals surface area contributed by atoms with E-state index in [1.54, 1.807) is 0 Å². The van der Waals surface area contributed by atoms with Crippen molar-refractivity contribution >= 4 is 52.5 Å². The first-order valence-corrected chi connectivity index (χ1v) is 12.4. The van der Waals surface area contributed by atoms with Crippen LogP contribution in [0.5, 0.6) is 11.5 Å². The van der Waals surface area contributed by atoms with Gasteiger partial charge in [-0.2, -0.15) is 25.3 Å². The predicted molar refractivity (Wildman–Crippen MR) is 107 cm³/mol. The molecule has 0 unspecified atom stereocenters. The van der Waals surface area contributed by atoms with Crippen LogP contribution in [0.2, 0.25) is 0 Å². The molecule has 0 amide bonds. The van der Waals surface area contributed by atoms with Crippen LogP contribution in [0.15, 0.2) is 67.4 Å². The van der Waals surface area contributed by atoms with Crippen LogP contribution >= 0.6 is 0 Å². The van der Waals surface area contributed by atoms with Crippen LogP contribution in [0, 0.1) is 0 Å². The third-order valence-electron chi connectivity index (χ3n) is 4.10. The molecule has 0 saturated carbocycles. The maximum atomic E-state index is 11.6. The topological polar surface area (TPSA) is 228 Å². The Bertz CT molecular complexity index is 1630. The molecule has 3 aromatic carbocycles. The number of fused-ring (bicyclic) bond motifs is 1. The van der Waals surface area contributed by atoms with Gasteiger partial charge in [-0.05, 0) is 41.8 Å². The van der Waals surface area contributed by atoms with E-state index in [1.807, 2.05) is 0 Å². The summed E-state index contributed by atoms with van der Waals surface area (Å²) in [5.74, 6) is -1.68. The van der Waals surface area contributed by atoms with Crippen LogP contribution in [-0.4, -0.2) is 49.1 Å². The molecule has 0 bridgehead atoms. The molecule has 0 aromatic heterocycles. The number of aromatic hydroxyl groups is 2. The van der Waals surface area contributed by atoms with E-state index in [0.29, 0.717) is 0 Å². The molecule has 13 nitrogen and oxygen atoms in total. The summed E-state index contributed by atoms with van der Waals surface area (Å²) < 4.78 is 96.2. The predicted octanol–water partition coefficient (Wildman–Crippen LogP) is -6.58. The summed E-state index contributed by atoms with van der Waals surface area (Å²) in [6.45, 7) is 0. The summed E-state index contributed by atoms with van der Waals surface area (Å²) in [6.07, 6.45) is 0. The van der Waals surface area contributed by atoms with Crippen molar-refractivity contribution in [2.45, 2.75) is 14.7 Å². The van der Waals surface area contributed by atoms with Crippen LogP contribution in [0.4, 0.5) is 11.4 Å². The first-order valence-electron chi connectivity index (χ1n) is 8.06. The Morgan fingerprint density at radius 1 is 0.639 bits per heavy atom. The third-order valence-corrected chi connectivity index (χ3v) is 6.67. The largest absolute Gasteiger partial charge is 1.00 e. The Balaban J connectivity index is 0. The Hall–Kier alpha value is 0.382. The number of nitrogens with zero attached hydrogens (tertiary/aromatic N) is 2. The molecule has 3 aromatic rings. The molecule has 3 rings (SSSR count). The monoisotopic (exact) mass is 625 g/mol. The van der Waals surface area contributed by atoms with E-state index in [1.165, 1.54) is 0 Å². The molecule has 0 fully saturated rings. The molecule has 0 aliphatic carbocycles. The summed E-state index contributed by atoms with van der Waals surface area (Å²) >= 11 is 0. The Morgan fingerprint density at radius 3 is 1.64 bits per heavy atom. The van der Waals surface area contributed by atoms with Gasteiger partial charge in [-0.15, -0.1) is 10.2 Å². The van der Waals surface area contributed by atoms with Crippen molar-refractivity contribution < 1.29 is 155 Å². The number of hydrogen-bond donors (Lipinski definition) is 5. The van der Waals surface area contributed by atoms with Crippen LogP contribution in [-0.2, 0) is 47.7 Å². The van der Waals surface area contributed by atoms with E-state index in [9.17, 15) is 44.6 Å². The summed E-state index contributed by atoms with van der Waals surface area (Å²) in [4.78, 5) is -2.34. The molecule has 0 atom stereocenters. The number of azo groups is 1. The van der Waals surface area contributed by atoms with Crippen molar-refractivity contribution in [2.24, 2.45) is 10.2 Å². The zero-order valence-electron chi connectivity index (χ0n) is 18.8. The SMILES string of the molecule is O=S(=O)(O)c1ccc(O)c(N=Nc2c(O)c(S(=O)(=O)O)cc3cc(S(=O)(=O)O)ccc23)c1.[Cr].[Na+].[Na+].[Na+]. The molecule has 0 aliphatic rings. The summed E-state index contributed by atoms with van der Waals surface area (Å²) in [6, 6.07) is 6.01. The van der Waals surface area contributed by atoms with Crippen LogP contribution in [0.3, 0.4) is 0 Å². The van der Waals surface area contributed by atoms with E-state index >= 15 is 0 Å². The summed E-state index contributed by atoms with van der Waals surface area (Å²) in [5, 5.41) is 27.0. The third kappa shape index (κ3) is 8.96. The average Bonchev–Trinajstić information content (AvgIpc) is 2.65. The molecule has 20 heteroatoms. The maximum Gasteiger partial charge on any atom is 1.00 e. The quantitative estimate of drug-likeness (QED) is 0.102. The first-order chi connectivity index (χ1) is 14.6. The van der Waals surface area contributed by atoms with Crippen molar-refractivity contribution in [3.63, 3.8) is 0 Å². The van der Waals surface area contributed by atoms with Gasteiger partial charge in [0.15, 0.2) is 5.75 Å². The van der Waals surface area contributed by atoms with Gasteiger partial charge in [-0.1, -0.05) is 6.07 Å². The molecule has 0 aliphatic heterocycles. The van der Waals surface area contributed by atoms with Gasteiger partial charge in [-0.25, -0.2) is 0 Å². The molecule has 0 spiro atoms. The Labute approximate surface area is 282 Å². The van der Waals surface area contributed by atoms with Gasteiger partial charge >= 0.3 is 88.7 Å². The second kappa shape index (κ2) is 14.1. The van der Waals surface area contributed by atoms with Gasteiger partial charge in [0.25, 0.3) is 30.4 Å². The zero-order chi connectivity index (χ0) is 24.1. The van der Waals surface area contributed by atoms with E-state index in [-0.39, 0.29) is 117 Å². The first kappa shape index (κ1) is 38.5. The van der Waals surface area contributed by atoms with Gasteiger partial charge in [0.2, 0.25) is 0 Å². The van der Waals surface area contributed by atoms with E-state index < -0.39 is 67.9 Å². The molecular formula is C16H12CrN2Na3O11S3+3. The molecule has 0 radical (unpaired) electrons. The van der Waals surface area contributed by atoms with Gasteiger partial charge in [0, 0.05) is 22.7 Å². The van der Waals surface area contributed by atoms with Crippen LogP contribution in [0.1, 0.15) is 0 Å². The number of benzene rings is 3. The van der Waals surface area contributed by atoms with Crippen LogP contribution < -0.4 is 88.7 Å². The average molecular weight is 625 g/mol. The molecule has 5 N–H and O–H groups in total. The van der Waals surface area contributed by atoms with E-state index in [0.717, 1.165) is 42.5 Å².